The third-order valence-electron chi connectivity index (χ3n) is 5.67. The molecule has 0 bridgehead atoms. The number of rotatable bonds is 10. The first-order valence-electron chi connectivity index (χ1n) is 11.2. The van der Waals surface area contributed by atoms with Gasteiger partial charge in [0.1, 0.15) is 5.75 Å². The number of hydrogen-bond donors (Lipinski definition) is 1. The molecule has 7 heteroatoms. The van der Waals surface area contributed by atoms with Gasteiger partial charge in [-0.15, -0.1) is 0 Å². The van der Waals surface area contributed by atoms with E-state index in [1.54, 1.807) is 24.3 Å². The van der Waals surface area contributed by atoms with Crippen LogP contribution in [-0.4, -0.2) is 60.2 Å². The second-order valence-corrected chi connectivity index (χ2v) is 8.37. The average molecular weight is 448 g/mol. The van der Waals surface area contributed by atoms with Gasteiger partial charge < -0.3 is 19.3 Å². The Hall–Kier alpha value is -3.42. The third kappa shape index (κ3) is 4.84. The smallest absolute Gasteiger partial charge is 0.266 e. The molecule has 33 heavy (non-hydrogen) atoms. The summed E-state index contributed by atoms with van der Waals surface area (Å²) in [5.74, 6) is -0.0567. The summed E-state index contributed by atoms with van der Waals surface area (Å²) in [5.41, 5.74) is 2.74. The average Bonchev–Trinajstić information content (AvgIpc) is 3.31. The Morgan fingerprint density at radius 1 is 1.00 bits per heavy atom. The van der Waals surface area contributed by atoms with E-state index in [9.17, 15) is 9.59 Å². The van der Waals surface area contributed by atoms with Crippen molar-refractivity contribution in [3.05, 3.63) is 66.4 Å². The van der Waals surface area contributed by atoms with Crippen LogP contribution in [0.25, 0.3) is 16.5 Å². The van der Waals surface area contributed by atoms with E-state index in [4.69, 9.17) is 9.84 Å². The molecule has 1 aliphatic rings. The summed E-state index contributed by atoms with van der Waals surface area (Å²) in [7, 11) is 4.10. The van der Waals surface area contributed by atoms with Gasteiger partial charge in [-0.2, -0.15) is 0 Å². The van der Waals surface area contributed by atoms with Crippen LogP contribution in [-0.2, 0) is 16.1 Å². The van der Waals surface area contributed by atoms with E-state index < -0.39 is 0 Å². The number of hydrogen-bond acceptors (Lipinski definition) is 5. The van der Waals surface area contributed by atoms with Crippen molar-refractivity contribution in [2.75, 3.05) is 38.8 Å². The van der Waals surface area contributed by atoms with Crippen LogP contribution in [0.15, 0.2) is 60.8 Å². The number of nitrogens with zero attached hydrogens (tertiary/aromatic N) is 3. The van der Waals surface area contributed by atoms with Gasteiger partial charge in [-0.1, -0.05) is 18.2 Å². The van der Waals surface area contributed by atoms with E-state index in [2.05, 4.69) is 23.6 Å². The van der Waals surface area contributed by atoms with E-state index in [0.717, 1.165) is 36.0 Å². The summed E-state index contributed by atoms with van der Waals surface area (Å²) < 4.78 is 7.70. The zero-order valence-corrected chi connectivity index (χ0v) is 19.0. The monoisotopic (exact) mass is 447 g/mol. The Balaban J connectivity index is 1.58. The number of aromatic nitrogens is 1. The number of anilines is 1. The highest BCUT2D eigenvalue weighted by atomic mass is 16.5. The molecular formula is C26H29N3O4. The van der Waals surface area contributed by atoms with Gasteiger partial charge in [0, 0.05) is 48.3 Å². The van der Waals surface area contributed by atoms with E-state index >= 15 is 0 Å². The molecular weight excluding hydrogens is 418 g/mol. The number of aryl methyl sites for hydroxylation is 1. The second kappa shape index (κ2) is 10.0. The molecule has 172 valence electrons. The van der Waals surface area contributed by atoms with E-state index in [1.165, 1.54) is 11.0 Å². The highest BCUT2D eigenvalue weighted by molar-refractivity contribution is 6.44. The Bertz CT molecular complexity index is 1180. The molecule has 0 spiro atoms. The maximum absolute atomic E-state index is 13.3. The van der Waals surface area contributed by atoms with Crippen molar-refractivity contribution in [1.82, 2.24) is 9.47 Å². The first-order valence-corrected chi connectivity index (χ1v) is 11.2. The molecule has 1 aromatic heterocycles. The standard InChI is InChI=1S/C26H29N3O4/c1-27(2)13-5-14-28-18-23(21-7-3-4-8-24(21)28)22-17-25(31)29(26(22)32)19-9-11-20(12-10-19)33-16-6-15-30/h3-4,7-12,17-18,30H,5-6,13-16H2,1-2H3. The van der Waals surface area contributed by atoms with Crippen LogP contribution in [0, 0.1) is 0 Å². The molecule has 2 amide bonds. The van der Waals surface area contributed by atoms with Crippen LogP contribution >= 0.6 is 0 Å². The van der Waals surface area contributed by atoms with Gasteiger partial charge in [0.2, 0.25) is 0 Å². The van der Waals surface area contributed by atoms with Gasteiger partial charge in [0.25, 0.3) is 11.8 Å². The number of imide groups is 1. The van der Waals surface area contributed by atoms with Gasteiger partial charge >= 0.3 is 0 Å². The van der Waals surface area contributed by atoms with Crippen molar-refractivity contribution in [3.8, 4) is 5.75 Å². The lowest BCUT2D eigenvalue weighted by atomic mass is 10.1. The molecule has 0 unspecified atom stereocenters. The Morgan fingerprint density at radius 3 is 2.48 bits per heavy atom. The van der Waals surface area contributed by atoms with Crippen LogP contribution in [0.5, 0.6) is 5.75 Å². The van der Waals surface area contributed by atoms with E-state index in [-0.39, 0.29) is 18.4 Å². The molecule has 0 radical (unpaired) electrons. The lowest BCUT2D eigenvalue weighted by Crippen LogP contribution is -2.30. The van der Waals surface area contributed by atoms with Gasteiger partial charge in [-0.25, -0.2) is 4.90 Å². The third-order valence-corrected chi connectivity index (χ3v) is 5.67. The molecule has 1 aliphatic heterocycles. The fraction of sp³-hybridized carbons (Fsp3) is 0.308. The summed E-state index contributed by atoms with van der Waals surface area (Å²) in [4.78, 5) is 29.5. The summed E-state index contributed by atoms with van der Waals surface area (Å²) in [6, 6.07) is 14.8. The maximum atomic E-state index is 13.3. The second-order valence-electron chi connectivity index (χ2n) is 8.37. The number of fused-ring (bicyclic) bond motifs is 1. The molecule has 2 aromatic carbocycles. The molecule has 0 aliphatic carbocycles. The Labute approximate surface area is 193 Å². The number of ether oxygens (including phenoxy) is 1. The molecule has 0 atom stereocenters. The maximum Gasteiger partial charge on any atom is 0.266 e. The first kappa shape index (κ1) is 22.8. The van der Waals surface area contributed by atoms with Crippen molar-refractivity contribution in [2.24, 2.45) is 0 Å². The number of benzene rings is 2. The van der Waals surface area contributed by atoms with Crippen molar-refractivity contribution in [2.45, 2.75) is 19.4 Å². The van der Waals surface area contributed by atoms with Crippen LogP contribution in [0.2, 0.25) is 0 Å². The summed E-state index contributed by atoms with van der Waals surface area (Å²) in [6.45, 7) is 2.27. The molecule has 0 saturated heterocycles. The van der Waals surface area contributed by atoms with E-state index in [1.807, 2.05) is 30.5 Å². The number of aliphatic hydroxyl groups excluding tert-OH is 1. The predicted octanol–water partition coefficient (Wildman–Crippen LogP) is 3.31. The summed E-state index contributed by atoms with van der Waals surface area (Å²) in [5, 5.41) is 9.83. The van der Waals surface area contributed by atoms with Crippen molar-refractivity contribution in [3.63, 3.8) is 0 Å². The van der Waals surface area contributed by atoms with Gasteiger partial charge in [-0.3, -0.25) is 9.59 Å². The molecule has 0 saturated carbocycles. The summed E-state index contributed by atoms with van der Waals surface area (Å²) >= 11 is 0. The molecule has 0 fully saturated rings. The lowest BCUT2D eigenvalue weighted by Gasteiger charge is -2.15. The molecule has 3 aromatic rings. The quantitative estimate of drug-likeness (QED) is 0.381. The zero-order chi connectivity index (χ0) is 23.4. The largest absolute Gasteiger partial charge is 0.494 e. The zero-order valence-electron chi connectivity index (χ0n) is 19.0. The van der Waals surface area contributed by atoms with Gasteiger partial charge in [-0.05, 0) is 57.4 Å². The first-order chi connectivity index (χ1) is 16.0. The minimum Gasteiger partial charge on any atom is -0.494 e. The Kier molecular flexibility index (Phi) is 6.91. The Morgan fingerprint density at radius 2 is 1.76 bits per heavy atom. The summed E-state index contributed by atoms with van der Waals surface area (Å²) in [6.07, 6.45) is 4.94. The van der Waals surface area contributed by atoms with Crippen LogP contribution < -0.4 is 9.64 Å². The highest BCUT2D eigenvalue weighted by Gasteiger charge is 2.34. The molecule has 7 nitrogen and oxygen atoms in total. The predicted molar refractivity (Wildman–Crippen MR) is 129 cm³/mol. The minimum absolute atomic E-state index is 0.0649. The van der Waals surface area contributed by atoms with Crippen LogP contribution in [0.4, 0.5) is 5.69 Å². The van der Waals surface area contributed by atoms with Crippen molar-refractivity contribution in [1.29, 1.82) is 0 Å². The highest BCUT2D eigenvalue weighted by Crippen LogP contribution is 2.34. The fourth-order valence-electron chi connectivity index (χ4n) is 4.06. The molecule has 4 rings (SSSR count). The molecule has 2 heterocycles. The van der Waals surface area contributed by atoms with Gasteiger partial charge in [0.05, 0.1) is 17.9 Å². The van der Waals surface area contributed by atoms with Crippen LogP contribution in [0.3, 0.4) is 0 Å². The normalized spacial score (nSPS) is 13.9. The minimum atomic E-state index is -0.353. The topological polar surface area (TPSA) is 75.0 Å². The van der Waals surface area contributed by atoms with Crippen LogP contribution in [0.1, 0.15) is 18.4 Å². The molecule has 1 N–H and O–H groups in total. The van der Waals surface area contributed by atoms with Crippen molar-refractivity contribution >= 4 is 34.0 Å². The SMILES string of the molecule is CN(C)CCCn1cc(C2=CC(=O)N(c3ccc(OCCCO)cc3)C2=O)c2ccccc21. The number of amides is 2. The number of aliphatic hydroxyl groups is 1. The number of carbonyl (C=O) groups is 2. The van der Waals surface area contributed by atoms with Gasteiger partial charge in [0.15, 0.2) is 0 Å². The lowest BCUT2D eigenvalue weighted by molar-refractivity contribution is -0.119. The number of para-hydroxylation sites is 1. The fourth-order valence-corrected chi connectivity index (χ4v) is 4.06. The van der Waals surface area contributed by atoms with E-state index in [0.29, 0.717) is 30.0 Å². The number of carbonyl (C=O) groups excluding carboxylic acids is 2. The van der Waals surface area contributed by atoms with Crippen molar-refractivity contribution < 1.29 is 19.4 Å².